The fourth-order valence-corrected chi connectivity index (χ4v) is 6.68. The van der Waals surface area contributed by atoms with Gasteiger partial charge in [-0.1, -0.05) is 44.2 Å². The van der Waals surface area contributed by atoms with Crippen LogP contribution in [0.1, 0.15) is 52.4 Å². The van der Waals surface area contributed by atoms with Crippen molar-refractivity contribution in [3.63, 3.8) is 0 Å². The van der Waals surface area contributed by atoms with Gasteiger partial charge in [0.25, 0.3) is 0 Å². The van der Waals surface area contributed by atoms with Crippen molar-refractivity contribution in [2.75, 3.05) is 26.7 Å². The van der Waals surface area contributed by atoms with Gasteiger partial charge in [0.05, 0.1) is 24.6 Å². The van der Waals surface area contributed by atoms with Gasteiger partial charge in [-0.2, -0.15) is 9.40 Å². The summed E-state index contributed by atoms with van der Waals surface area (Å²) in [5.41, 5.74) is 0.718. The van der Waals surface area contributed by atoms with E-state index in [0.29, 0.717) is 23.8 Å². The van der Waals surface area contributed by atoms with E-state index in [1.165, 1.54) is 43.0 Å². The molecule has 0 fully saturated rings. The molecule has 4 amide bonds. The molecule has 3 aromatic rings. The van der Waals surface area contributed by atoms with Crippen LogP contribution >= 0.6 is 0 Å². The third kappa shape index (κ3) is 9.85. The number of fused-ring (bicyclic) bond motifs is 1. The minimum Gasteiger partial charge on any atom is -0.497 e. The summed E-state index contributed by atoms with van der Waals surface area (Å²) in [4.78, 5) is 57.7. The molecule has 15 nitrogen and oxygen atoms in total. The van der Waals surface area contributed by atoms with Gasteiger partial charge >= 0.3 is 0 Å². The molecule has 0 saturated carbocycles. The first kappa shape index (κ1) is 37.0. The van der Waals surface area contributed by atoms with Crippen LogP contribution in [-0.2, 0) is 35.7 Å². The van der Waals surface area contributed by atoms with Crippen LogP contribution in [-0.4, -0.2) is 89.9 Å². The molecule has 4 rings (SSSR count). The summed E-state index contributed by atoms with van der Waals surface area (Å²) in [5, 5.41) is 15.5. The standard InChI is InChI=1S/C33H44N8O7S/c1-21(2)18-27-33(45)36-22(3)31-38-30(24-10-7-6-8-11-24)39-41(31)20-28(42)34-16-9-17-40(19-29(43)35-23(4)32(44)37-27)49(46,47)26-14-12-25(48-5)13-15-26/h6-8,10-15,21-23,27H,9,16-20H2,1-5H3,(H,34,42)(H,35,43)(H,36,45)(H,37,44)/t22-,23+,27+/m0/s1. The van der Waals surface area contributed by atoms with Crippen molar-refractivity contribution in [3.05, 3.63) is 60.4 Å². The summed E-state index contributed by atoms with van der Waals surface area (Å²) in [6.07, 6.45) is 0.469. The molecule has 16 heteroatoms. The third-order valence-electron chi connectivity index (χ3n) is 7.81. The van der Waals surface area contributed by atoms with Crippen LogP contribution in [0.25, 0.3) is 11.4 Å². The minimum absolute atomic E-state index is 0.0200. The van der Waals surface area contributed by atoms with E-state index >= 15 is 0 Å². The maximum absolute atomic E-state index is 13.6. The summed E-state index contributed by atoms with van der Waals surface area (Å²) in [6.45, 7) is 6.14. The van der Waals surface area contributed by atoms with Crippen molar-refractivity contribution in [3.8, 4) is 17.1 Å². The quantitative estimate of drug-likeness (QED) is 0.295. The smallest absolute Gasteiger partial charge is 0.243 e. The lowest BCUT2D eigenvalue weighted by Gasteiger charge is -2.25. The highest BCUT2D eigenvalue weighted by atomic mass is 32.2. The van der Waals surface area contributed by atoms with Crippen LogP contribution in [0.5, 0.6) is 5.75 Å². The number of ether oxygens (including phenoxy) is 1. The molecule has 0 radical (unpaired) electrons. The molecule has 3 atom stereocenters. The molecule has 1 aromatic heterocycles. The lowest BCUT2D eigenvalue weighted by atomic mass is 10.0. The topological polar surface area (TPSA) is 194 Å². The molecule has 0 unspecified atom stereocenters. The molecule has 0 saturated heterocycles. The van der Waals surface area contributed by atoms with E-state index in [-0.39, 0.29) is 36.9 Å². The average molecular weight is 697 g/mol. The van der Waals surface area contributed by atoms with Crippen LogP contribution in [0.3, 0.4) is 0 Å². The van der Waals surface area contributed by atoms with Gasteiger partial charge in [0, 0.05) is 18.7 Å². The SMILES string of the molecule is COc1ccc(S(=O)(=O)N2CCCNC(=O)Cn3nc(-c4ccccc4)nc3[C@H](C)NC(=O)[C@@H](CC(C)C)NC(=O)[C@@H](C)NC(=O)C2)cc1. The Hall–Kier alpha value is -4.83. The van der Waals surface area contributed by atoms with E-state index in [1.54, 1.807) is 6.92 Å². The van der Waals surface area contributed by atoms with Crippen molar-refractivity contribution < 1.29 is 32.3 Å². The predicted octanol–water partition coefficient (Wildman–Crippen LogP) is 1.38. The highest BCUT2D eigenvalue weighted by molar-refractivity contribution is 7.89. The molecule has 0 aliphatic carbocycles. The van der Waals surface area contributed by atoms with Gasteiger partial charge in [0.15, 0.2) is 5.82 Å². The Morgan fingerprint density at radius 3 is 2.22 bits per heavy atom. The molecule has 1 aliphatic heterocycles. The maximum Gasteiger partial charge on any atom is 0.243 e. The van der Waals surface area contributed by atoms with Gasteiger partial charge in [-0.05, 0) is 56.9 Å². The zero-order valence-corrected chi connectivity index (χ0v) is 29.1. The fraction of sp³-hybridized carbons (Fsp3) is 0.455. The molecule has 1 aliphatic rings. The number of amides is 4. The van der Waals surface area contributed by atoms with Crippen LogP contribution < -0.4 is 26.0 Å². The van der Waals surface area contributed by atoms with Crippen molar-refractivity contribution in [1.82, 2.24) is 40.3 Å². The second kappa shape index (κ2) is 16.5. The van der Waals surface area contributed by atoms with Crippen molar-refractivity contribution in [2.24, 2.45) is 5.92 Å². The van der Waals surface area contributed by atoms with Crippen LogP contribution in [0.4, 0.5) is 0 Å². The third-order valence-corrected chi connectivity index (χ3v) is 9.67. The molecule has 0 bridgehead atoms. The first-order chi connectivity index (χ1) is 23.3. The van der Waals surface area contributed by atoms with Gasteiger partial charge in [0.1, 0.15) is 30.2 Å². The molecule has 0 spiro atoms. The number of carbonyl (C=O) groups excluding carboxylic acids is 4. The summed E-state index contributed by atoms with van der Waals surface area (Å²) < 4.78 is 34.8. The summed E-state index contributed by atoms with van der Waals surface area (Å²) >= 11 is 0. The van der Waals surface area contributed by atoms with E-state index in [1.807, 2.05) is 44.2 Å². The Labute approximate surface area is 286 Å². The first-order valence-corrected chi connectivity index (χ1v) is 17.5. The zero-order chi connectivity index (χ0) is 35.7. The zero-order valence-electron chi connectivity index (χ0n) is 28.3. The minimum atomic E-state index is -4.17. The molecule has 2 aromatic carbocycles. The monoisotopic (exact) mass is 696 g/mol. The van der Waals surface area contributed by atoms with E-state index in [2.05, 4.69) is 31.3 Å². The van der Waals surface area contributed by atoms with Crippen molar-refractivity contribution >= 4 is 33.7 Å². The summed E-state index contributed by atoms with van der Waals surface area (Å²) in [7, 11) is -2.71. The highest BCUT2D eigenvalue weighted by Crippen LogP contribution is 2.21. The number of sulfonamides is 1. The summed E-state index contributed by atoms with van der Waals surface area (Å²) in [5.74, 6) is -1.06. The Balaban J connectivity index is 1.65. The second-order valence-corrected chi connectivity index (χ2v) is 14.2. The van der Waals surface area contributed by atoms with Crippen molar-refractivity contribution in [2.45, 2.75) is 70.1 Å². The number of nitrogens with one attached hydrogen (secondary N) is 4. The van der Waals surface area contributed by atoms with Gasteiger partial charge in [-0.25, -0.2) is 18.1 Å². The molecule has 2 heterocycles. The maximum atomic E-state index is 13.6. The summed E-state index contributed by atoms with van der Waals surface area (Å²) in [6, 6.07) is 12.2. The van der Waals surface area contributed by atoms with Crippen molar-refractivity contribution in [1.29, 1.82) is 0 Å². The largest absolute Gasteiger partial charge is 0.497 e. The van der Waals surface area contributed by atoms with Gasteiger partial charge in [-0.3, -0.25) is 19.2 Å². The molecule has 264 valence electrons. The molecule has 4 N–H and O–H groups in total. The van der Waals surface area contributed by atoms with E-state index < -0.39 is 58.3 Å². The molecular weight excluding hydrogens is 652 g/mol. The number of hydrogen-bond donors (Lipinski definition) is 4. The number of hydrogen-bond acceptors (Lipinski definition) is 9. The Morgan fingerprint density at radius 1 is 0.878 bits per heavy atom. The number of carbonyl (C=O) groups is 4. The Bertz CT molecular complexity index is 1730. The average Bonchev–Trinajstić information content (AvgIpc) is 3.49. The van der Waals surface area contributed by atoms with Crippen LogP contribution in [0.2, 0.25) is 0 Å². The highest BCUT2D eigenvalue weighted by Gasteiger charge is 2.31. The lowest BCUT2D eigenvalue weighted by molar-refractivity contribution is -0.132. The second-order valence-electron chi connectivity index (χ2n) is 12.2. The van der Waals surface area contributed by atoms with E-state index in [9.17, 15) is 27.6 Å². The normalized spacial score (nSPS) is 20.9. The van der Waals surface area contributed by atoms with E-state index in [4.69, 9.17) is 4.74 Å². The molecule has 49 heavy (non-hydrogen) atoms. The fourth-order valence-electron chi connectivity index (χ4n) is 5.25. The number of aromatic nitrogens is 3. The lowest BCUT2D eigenvalue weighted by Crippen LogP contribution is -2.54. The molecular formula is C33H44N8O7S. The van der Waals surface area contributed by atoms with Gasteiger partial charge in [-0.15, -0.1) is 0 Å². The Morgan fingerprint density at radius 2 is 1.57 bits per heavy atom. The van der Waals surface area contributed by atoms with Crippen LogP contribution in [0, 0.1) is 5.92 Å². The predicted molar refractivity (Wildman–Crippen MR) is 180 cm³/mol. The first-order valence-electron chi connectivity index (χ1n) is 16.1. The number of benzene rings is 2. The number of methoxy groups -OCH3 is 1. The van der Waals surface area contributed by atoms with Gasteiger partial charge in [0.2, 0.25) is 33.7 Å². The Kier molecular flexibility index (Phi) is 12.5. The van der Waals surface area contributed by atoms with E-state index in [0.717, 1.165) is 9.87 Å². The number of rotatable bonds is 6. The van der Waals surface area contributed by atoms with Gasteiger partial charge < -0.3 is 26.0 Å². The number of nitrogens with zero attached hydrogens (tertiary/aromatic N) is 4. The van der Waals surface area contributed by atoms with Crippen LogP contribution in [0.15, 0.2) is 59.5 Å².